The van der Waals surface area contributed by atoms with Gasteiger partial charge in [0.1, 0.15) is 0 Å². The maximum atomic E-state index is 13.4. The molecule has 4 nitrogen and oxygen atoms in total. The van der Waals surface area contributed by atoms with Gasteiger partial charge in [-0.25, -0.2) is 0 Å². The molecule has 4 saturated carbocycles. The fraction of sp³-hybridized carbons (Fsp3) is 0.857. The van der Waals surface area contributed by atoms with E-state index in [9.17, 15) is 9.59 Å². The summed E-state index contributed by atoms with van der Waals surface area (Å²) in [6, 6.07) is 0.0607. The average molecular weight is 441 g/mol. The molecule has 32 heavy (non-hydrogen) atoms. The van der Waals surface area contributed by atoms with Gasteiger partial charge in [-0.3, -0.25) is 9.59 Å². The van der Waals surface area contributed by atoms with Crippen LogP contribution in [-0.4, -0.2) is 35.7 Å². The Labute approximate surface area is 194 Å². The van der Waals surface area contributed by atoms with Crippen molar-refractivity contribution in [2.24, 2.45) is 52.1 Å². The summed E-state index contributed by atoms with van der Waals surface area (Å²) in [5.74, 6) is 3.85. The molecule has 0 aromatic carbocycles. The monoisotopic (exact) mass is 440 g/mol. The lowest BCUT2D eigenvalue weighted by Crippen LogP contribution is -2.60. The van der Waals surface area contributed by atoms with Crippen molar-refractivity contribution >= 4 is 11.7 Å². The van der Waals surface area contributed by atoms with Gasteiger partial charge >= 0.3 is 0 Å². The van der Waals surface area contributed by atoms with E-state index in [0.29, 0.717) is 35.5 Å². The van der Waals surface area contributed by atoms with Crippen molar-refractivity contribution < 1.29 is 9.59 Å². The number of fused-ring (bicyclic) bond motifs is 5. The summed E-state index contributed by atoms with van der Waals surface area (Å²) in [5.41, 5.74) is 7.09. The molecule has 2 N–H and O–H groups in total. The normalized spacial score (nSPS) is 49.2. The van der Waals surface area contributed by atoms with Crippen LogP contribution in [-0.2, 0) is 9.59 Å². The molecule has 1 unspecified atom stereocenters. The number of ketones is 1. The van der Waals surface area contributed by atoms with Gasteiger partial charge in [-0.15, -0.1) is 0 Å². The van der Waals surface area contributed by atoms with Crippen LogP contribution in [0.15, 0.2) is 12.2 Å². The number of rotatable bonds is 3. The Morgan fingerprint density at radius 3 is 2.47 bits per heavy atom. The molecule has 0 spiro atoms. The van der Waals surface area contributed by atoms with Gasteiger partial charge in [0.15, 0.2) is 5.78 Å². The Balaban J connectivity index is 1.34. The molecule has 0 aromatic heterocycles. The number of carbonyl (C=O) groups is 2. The zero-order valence-electron chi connectivity index (χ0n) is 20.7. The first-order chi connectivity index (χ1) is 15.2. The van der Waals surface area contributed by atoms with E-state index in [-0.39, 0.29) is 28.7 Å². The molecule has 1 heterocycles. The lowest BCUT2D eigenvalue weighted by molar-refractivity contribution is -0.139. The number of Topliss-reactive ketones (excluding diaryl/α,β-unsaturated/α-hetero) is 1. The maximum absolute atomic E-state index is 13.4. The van der Waals surface area contributed by atoms with E-state index < -0.39 is 0 Å². The van der Waals surface area contributed by atoms with Crippen molar-refractivity contribution in [2.75, 3.05) is 7.05 Å². The highest BCUT2D eigenvalue weighted by Gasteiger charge is 2.61. The van der Waals surface area contributed by atoms with Crippen molar-refractivity contribution in [3.8, 4) is 0 Å². The third kappa shape index (κ3) is 3.26. The molecule has 178 valence electrons. The third-order valence-electron chi connectivity index (χ3n) is 11.4. The van der Waals surface area contributed by atoms with Crippen molar-refractivity contribution in [3.05, 3.63) is 12.2 Å². The van der Waals surface area contributed by atoms with Crippen LogP contribution in [0.25, 0.3) is 0 Å². The highest BCUT2D eigenvalue weighted by atomic mass is 16.2. The molecule has 4 aliphatic carbocycles. The van der Waals surface area contributed by atoms with Crippen LogP contribution in [0, 0.1) is 46.3 Å². The Hall–Kier alpha value is -1.16. The SMILES string of the molecule is CC1CCC(C(=O)C(N)[C@H]2CC[C@H]3[C@@H]4CC[C@H]5N(C)C(=O)C=C[C@]5(C)[C@H]4CC[C@]23C)CC1. The molecular weight excluding hydrogens is 396 g/mol. The molecule has 1 amide bonds. The van der Waals surface area contributed by atoms with Crippen molar-refractivity contribution in [1.29, 1.82) is 0 Å². The largest absolute Gasteiger partial charge is 0.338 e. The van der Waals surface area contributed by atoms with Gasteiger partial charge in [0.2, 0.25) is 5.91 Å². The molecule has 1 aliphatic heterocycles. The molecule has 4 heteroatoms. The van der Waals surface area contributed by atoms with E-state index in [2.05, 4.69) is 26.8 Å². The van der Waals surface area contributed by atoms with Crippen molar-refractivity contribution in [3.63, 3.8) is 0 Å². The number of carbonyl (C=O) groups excluding carboxylic acids is 2. The van der Waals surface area contributed by atoms with E-state index in [1.807, 2.05) is 18.0 Å². The minimum atomic E-state index is -0.273. The number of nitrogens with two attached hydrogens (primary N) is 1. The second-order valence-corrected chi connectivity index (χ2v) is 12.7. The first-order valence-electron chi connectivity index (χ1n) is 13.4. The van der Waals surface area contributed by atoms with E-state index in [4.69, 9.17) is 5.73 Å². The minimum Gasteiger partial charge on any atom is -0.338 e. The van der Waals surface area contributed by atoms with Crippen LogP contribution in [0.4, 0.5) is 0 Å². The van der Waals surface area contributed by atoms with Crippen LogP contribution in [0.2, 0.25) is 0 Å². The van der Waals surface area contributed by atoms with Gasteiger partial charge < -0.3 is 10.6 Å². The van der Waals surface area contributed by atoms with Crippen LogP contribution >= 0.6 is 0 Å². The first-order valence-corrected chi connectivity index (χ1v) is 13.4. The topological polar surface area (TPSA) is 63.4 Å². The molecule has 5 aliphatic rings. The standard InChI is InChI=1S/C28H44N2O2/c1-17-5-7-18(8-6-17)26(32)25(29)22-11-10-20-19-9-12-23-28(3,16-14-24(31)30(23)4)21(19)13-15-27(20,22)2/h14,16-23,25H,5-13,15,29H2,1-4H3/t17?,18?,19-,20-,21-,22+,23+,25?,27-,28+/m0/s1. The second-order valence-electron chi connectivity index (χ2n) is 12.7. The molecule has 0 radical (unpaired) electrons. The van der Waals surface area contributed by atoms with E-state index in [1.54, 1.807) is 0 Å². The number of nitrogens with zero attached hydrogens (tertiary/aromatic N) is 1. The van der Waals surface area contributed by atoms with Crippen LogP contribution in [0.1, 0.15) is 85.0 Å². The quantitative estimate of drug-likeness (QED) is 0.674. The maximum Gasteiger partial charge on any atom is 0.246 e. The number of amides is 1. The van der Waals surface area contributed by atoms with Gasteiger partial charge in [-0.1, -0.05) is 39.7 Å². The summed E-state index contributed by atoms with van der Waals surface area (Å²) >= 11 is 0. The lowest BCUT2D eigenvalue weighted by atomic mass is 9.47. The lowest BCUT2D eigenvalue weighted by Gasteiger charge is -2.60. The Kier molecular flexibility index (Phi) is 5.63. The summed E-state index contributed by atoms with van der Waals surface area (Å²) in [4.78, 5) is 27.7. The summed E-state index contributed by atoms with van der Waals surface area (Å²) in [5, 5.41) is 0. The van der Waals surface area contributed by atoms with E-state index in [1.165, 1.54) is 38.5 Å². The predicted octanol–water partition coefficient (Wildman–Crippen LogP) is 4.96. The zero-order valence-corrected chi connectivity index (χ0v) is 20.7. The van der Waals surface area contributed by atoms with Gasteiger partial charge in [0, 0.05) is 24.4 Å². The Morgan fingerprint density at radius 1 is 1.03 bits per heavy atom. The van der Waals surface area contributed by atoms with Gasteiger partial charge in [0.05, 0.1) is 6.04 Å². The first kappa shape index (κ1) is 22.6. The summed E-state index contributed by atoms with van der Waals surface area (Å²) in [6.07, 6.45) is 15.6. The van der Waals surface area contributed by atoms with E-state index >= 15 is 0 Å². The average Bonchev–Trinajstić information content (AvgIpc) is 3.13. The third-order valence-corrected chi connectivity index (χ3v) is 11.4. The fourth-order valence-corrected chi connectivity index (χ4v) is 9.38. The number of hydrogen-bond donors (Lipinski definition) is 1. The summed E-state index contributed by atoms with van der Waals surface area (Å²) in [7, 11) is 1.99. The minimum absolute atomic E-state index is 0.0850. The zero-order chi connectivity index (χ0) is 22.8. The smallest absolute Gasteiger partial charge is 0.246 e. The van der Waals surface area contributed by atoms with Crippen LogP contribution in [0.5, 0.6) is 0 Å². The van der Waals surface area contributed by atoms with Crippen LogP contribution in [0.3, 0.4) is 0 Å². The Bertz CT molecular complexity index is 799. The molecule has 8 atom stereocenters. The molecule has 4 fully saturated rings. The number of hydrogen-bond acceptors (Lipinski definition) is 3. The van der Waals surface area contributed by atoms with Crippen molar-refractivity contribution in [1.82, 2.24) is 4.90 Å². The van der Waals surface area contributed by atoms with Gasteiger partial charge in [-0.2, -0.15) is 0 Å². The van der Waals surface area contributed by atoms with E-state index in [0.717, 1.165) is 31.6 Å². The summed E-state index contributed by atoms with van der Waals surface area (Å²) in [6.45, 7) is 7.19. The Morgan fingerprint density at radius 2 is 1.75 bits per heavy atom. The highest BCUT2D eigenvalue weighted by Crippen LogP contribution is 2.66. The highest BCUT2D eigenvalue weighted by molar-refractivity contribution is 5.89. The van der Waals surface area contributed by atoms with Crippen molar-refractivity contribution in [2.45, 2.75) is 97.1 Å². The predicted molar refractivity (Wildman–Crippen MR) is 128 cm³/mol. The second kappa shape index (κ2) is 7.96. The van der Waals surface area contributed by atoms with Gasteiger partial charge in [-0.05, 0) is 92.4 Å². The van der Waals surface area contributed by atoms with Gasteiger partial charge in [0.25, 0.3) is 0 Å². The molecule has 0 aromatic rings. The molecule has 0 bridgehead atoms. The summed E-state index contributed by atoms with van der Waals surface area (Å²) < 4.78 is 0. The fourth-order valence-electron chi connectivity index (χ4n) is 9.38. The number of likely N-dealkylation sites (N-methyl/N-ethyl adjacent to an activating group) is 1. The molecular formula is C28H44N2O2. The molecule has 5 rings (SSSR count). The van der Waals surface area contributed by atoms with Crippen LogP contribution < -0.4 is 5.73 Å². The molecule has 0 saturated heterocycles.